The van der Waals surface area contributed by atoms with E-state index in [0.717, 1.165) is 35.2 Å². The molecule has 48 heavy (non-hydrogen) atoms. The van der Waals surface area contributed by atoms with Crippen molar-refractivity contribution >= 4 is 39.8 Å². The Kier molecular flexibility index (Phi) is 10.0. The molecular weight excluding hydrogens is 640 g/mol. The van der Waals surface area contributed by atoms with Crippen molar-refractivity contribution in [3.8, 4) is 6.01 Å². The number of methoxy groups -OCH3 is 1. The van der Waals surface area contributed by atoms with Crippen molar-refractivity contribution in [1.82, 2.24) is 19.8 Å². The maximum Gasteiger partial charge on any atom is 0.318 e. The molecule has 3 aromatic rings. The topological polar surface area (TPSA) is 78.6 Å². The number of carbonyl (C=O) groups excluding carboxylic acids is 1. The Hall–Kier alpha value is -4.05. The van der Waals surface area contributed by atoms with Crippen LogP contribution in [0.3, 0.4) is 0 Å². The van der Waals surface area contributed by atoms with E-state index in [1.807, 2.05) is 23.1 Å². The van der Waals surface area contributed by atoms with Crippen LogP contribution in [0.15, 0.2) is 42.7 Å². The molecule has 10 nitrogen and oxygen atoms in total. The number of anilines is 2. The van der Waals surface area contributed by atoms with Crippen LogP contribution in [0, 0.1) is 12.4 Å². The Bertz CT molecular complexity index is 1750. The van der Waals surface area contributed by atoms with Gasteiger partial charge in [0.2, 0.25) is 6.54 Å². The molecule has 0 spiro atoms. The van der Waals surface area contributed by atoms with E-state index in [2.05, 4.69) is 28.3 Å². The molecule has 6 rings (SSSR count). The van der Waals surface area contributed by atoms with Gasteiger partial charge in [-0.15, -0.1) is 0 Å². The summed E-state index contributed by atoms with van der Waals surface area (Å²) in [5, 5.41) is 1.57. The Balaban J connectivity index is 1.31. The van der Waals surface area contributed by atoms with E-state index in [-0.39, 0.29) is 29.7 Å². The van der Waals surface area contributed by atoms with Crippen LogP contribution in [0.2, 0.25) is 5.02 Å². The van der Waals surface area contributed by atoms with Crippen LogP contribution in [0.4, 0.5) is 20.3 Å². The summed E-state index contributed by atoms with van der Waals surface area (Å²) in [5.74, 6) is -1.63. The first-order chi connectivity index (χ1) is 23.2. The van der Waals surface area contributed by atoms with E-state index in [0.29, 0.717) is 63.6 Å². The molecule has 13 heteroatoms. The largest absolute Gasteiger partial charge is 0.462 e. The Morgan fingerprint density at radius 3 is 2.73 bits per heavy atom. The van der Waals surface area contributed by atoms with E-state index in [1.165, 1.54) is 17.4 Å². The van der Waals surface area contributed by atoms with Crippen molar-refractivity contribution < 1.29 is 23.0 Å². The molecule has 1 saturated carbocycles. The Morgan fingerprint density at radius 2 is 2.02 bits per heavy atom. The van der Waals surface area contributed by atoms with Gasteiger partial charge in [-0.1, -0.05) is 36.4 Å². The third kappa shape index (κ3) is 6.51. The molecule has 0 N–H and O–H groups in total. The maximum atomic E-state index is 14.6. The summed E-state index contributed by atoms with van der Waals surface area (Å²) < 4.78 is 40.2. The van der Waals surface area contributed by atoms with Gasteiger partial charge in [0.1, 0.15) is 24.3 Å². The zero-order valence-electron chi connectivity index (χ0n) is 27.4. The van der Waals surface area contributed by atoms with Gasteiger partial charge in [0.25, 0.3) is 5.91 Å². The minimum atomic E-state index is -1.04. The highest BCUT2D eigenvalue weighted by atomic mass is 35.5. The molecule has 1 saturated heterocycles. The van der Waals surface area contributed by atoms with E-state index in [1.54, 1.807) is 13.2 Å². The quantitative estimate of drug-likeness (QED) is 0.200. The Morgan fingerprint density at radius 1 is 1.21 bits per heavy atom. The lowest BCUT2D eigenvalue weighted by atomic mass is 9.76. The number of rotatable bonds is 11. The summed E-state index contributed by atoms with van der Waals surface area (Å²) in [7, 11) is 3.81. The second kappa shape index (κ2) is 14.2. The van der Waals surface area contributed by atoms with Crippen molar-refractivity contribution in [2.75, 3.05) is 76.4 Å². The number of aromatic nitrogens is 2. The SMILES string of the molecule is [C-]#[N+]C[C@H]1CN(c2nc(OCCN(C)C3(COC)CCC3)nc3c2CCN(c2cccc4ccc(F)c(Cl)c24)C3)CCN1C(=O)C(=C)F. The first-order valence-electron chi connectivity index (χ1n) is 16.2. The molecule has 254 valence electrons. The molecule has 0 radical (unpaired) electrons. The summed E-state index contributed by atoms with van der Waals surface area (Å²) >= 11 is 6.50. The minimum Gasteiger partial charge on any atom is -0.462 e. The van der Waals surface area contributed by atoms with Gasteiger partial charge < -0.3 is 29.0 Å². The number of hydrogen-bond acceptors (Lipinski definition) is 8. The Labute approximate surface area is 284 Å². The summed E-state index contributed by atoms with van der Waals surface area (Å²) in [5.41, 5.74) is 2.54. The zero-order valence-corrected chi connectivity index (χ0v) is 28.1. The highest BCUT2D eigenvalue weighted by Crippen LogP contribution is 2.39. The van der Waals surface area contributed by atoms with Crippen LogP contribution in [-0.2, 0) is 22.5 Å². The summed E-state index contributed by atoms with van der Waals surface area (Å²) in [6.07, 6.45) is 3.91. The van der Waals surface area contributed by atoms with Crippen molar-refractivity contribution in [3.05, 3.63) is 76.3 Å². The fraction of sp³-hybridized carbons (Fsp3) is 0.486. The molecule has 0 bridgehead atoms. The number of amides is 1. The fourth-order valence-electron chi connectivity index (χ4n) is 7.21. The highest BCUT2D eigenvalue weighted by molar-refractivity contribution is 6.36. The van der Waals surface area contributed by atoms with Gasteiger partial charge >= 0.3 is 6.01 Å². The number of ether oxygens (including phenoxy) is 2. The first-order valence-corrected chi connectivity index (χ1v) is 16.6. The van der Waals surface area contributed by atoms with Crippen molar-refractivity contribution in [1.29, 1.82) is 0 Å². The molecule has 1 aromatic heterocycles. The minimum absolute atomic E-state index is 0.0135. The van der Waals surface area contributed by atoms with Gasteiger partial charge in [-0.3, -0.25) is 9.69 Å². The third-order valence-corrected chi connectivity index (χ3v) is 10.4. The molecule has 3 heterocycles. The standard InChI is InChI=1S/C35H40ClF2N7O3/c1-23(37)33(46)45-16-15-44(20-25(45)19-39-2)32-26-11-14-43(29-8-5-7-24-9-10-27(38)31(36)30(24)29)21-28(26)40-34(41-32)48-18-17-42(3)35(22-47-4)12-6-13-35/h5,7-10,25H,1,6,11-22H2,3-4H3/t25-/m0/s1. The van der Waals surface area contributed by atoms with E-state index in [4.69, 9.17) is 37.6 Å². The van der Waals surface area contributed by atoms with Gasteiger partial charge in [0.05, 0.1) is 23.9 Å². The molecule has 2 aliphatic heterocycles. The van der Waals surface area contributed by atoms with E-state index in [9.17, 15) is 13.6 Å². The number of hydrogen-bond donors (Lipinski definition) is 0. The number of halogens is 3. The average molecular weight is 680 g/mol. The first kappa shape index (κ1) is 33.8. The molecule has 1 amide bonds. The number of likely N-dealkylation sites (N-methyl/N-ethyl adjacent to an activating group) is 1. The number of fused-ring (bicyclic) bond motifs is 2. The van der Waals surface area contributed by atoms with E-state index >= 15 is 0 Å². The van der Waals surface area contributed by atoms with Crippen molar-refractivity contribution in [3.63, 3.8) is 0 Å². The van der Waals surface area contributed by atoms with Crippen LogP contribution >= 0.6 is 11.6 Å². The summed E-state index contributed by atoms with van der Waals surface area (Å²) in [6.45, 7) is 14.3. The monoisotopic (exact) mass is 679 g/mol. The third-order valence-electron chi connectivity index (χ3n) is 10.0. The zero-order chi connectivity index (χ0) is 34.0. The van der Waals surface area contributed by atoms with Gasteiger partial charge in [-0.2, -0.15) is 9.97 Å². The van der Waals surface area contributed by atoms with Crippen molar-refractivity contribution in [2.24, 2.45) is 0 Å². The molecule has 3 aliphatic rings. The lowest BCUT2D eigenvalue weighted by Crippen LogP contribution is -2.57. The van der Waals surface area contributed by atoms with Gasteiger partial charge in [-0.25, -0.2) is 15.4 Å². The van der Waals surface area contributed by atoms with Gasteiger partial charge in [0, 0.05) is 62.0 Å². The number of piperazine rings is 1. The average Bonchev–Trinajstić information content (AvgIpc) is 3.07. The van der Waals surface area contributed by atoms with Crippen LogP contribution in [0.1, 0.15) is 30.5 Å². The molecule has 2 fully saturated rings. The lowest BCUT2D eigenvalue weighted by molar-refractivity contribution is -0.131. The molecular formula is C35H40ClF2N7O3. The number of carbonyl (C=O) groups is 1. The normalized spacial score (nSPS) is 18.8. The molecule has 1 atom stereocenters. The number of benzene rings is 2. The van der Waals surface area contributed by atoms with Crippen LogP contribution < -0.4 is 14.5 Å². The van der Waals surface area contributed by atoms with Crippen LogP contribution in [-0.4, -0.2) is 104 Å². The second-order valence-corrected chi connectivity index (χ2v) is 13.2. The lowest BCUT2D eigenvalue weighted by Gasteiger charge is -2.48. The molecule has 2 aromatic carbocycles. The summed E-state index contributed by atoms with van der Waals surface area (Å²) in [4.78, 5) is 33.7. The predicted molar refractivity (Wildman–Crippen MR) is 182 cm³/mol. The van der Waals surface area contributed by atoms with Gasteiger partial charge in [-0.05, 0) is 50.2 Å². The summed E-state index contributed by atoms with van der Waals surface area (Å²) in [6, 6.07) is 8.58. The molecule has 0 unspecified atom stereocenters. The van der Waals surface area contributed by atoms with Crippen molar-refractivity contribution in [2.45, 2.75) is 43.8 Å². The number of nitrogens with zero attached hydrogens (tertiary/aromatic N) is 7. The fourth-order valence-corrected chi connectivity index (χ4v) is 7.48. The highest BCUT2D eigenvalue weighted by Gasteiger charge is 2.41. The maximum absolute atomic E-state index is 14.6. The molecule has 1 aliphatic carbocycles. The van der Waals surface area contributed by atoms with Crippen LogP contribution in [0.25, 0.3) is 15.6 Å². The second-order valence-electron chi connectivity index (χ2n) is 12.8. The van der Waals surface area contributed by atoms with E-state index < -0.39 is 23.6 Å². The smallest absolute Gasteiger partial charge is 0.318 e. The van der Waals surface area contributed by atoms with Gasteiger partial charge in [0.15, 0.2) is 5.83 Å². The van der Waals surface area contributed by atoms with Crippen LogP contribution in [0.5, 0.6) is 6.01 Å². The predicted octanol–water partition coefficient (Wildman–Crippen LogP) is 5.28.